The molecule has 0 atom stereocenters. The smallest absolute Gasteiger partial charge is 0.243 e. The van der Waals surface area contributed by atoms with Crippen LogP contribution in [0.15, 0.2) is 11.6 Å². The first-order valence-electron chi connectivity index (χ1n) is 3.92. The van der Waals surface area contributed by atoms with Crippen molar-refractivity contribution < 1.29 is 9.59 Å². The summed E-state index contributed by atoms with van der Waals surface area (Å²) < 4.78 is 0. The number of carbonyl (C=O) groups is 2. The minimum Gasteiger partial charge on any atom is -0.289 e. The van der Waals surface area contributed by atoms with E-state index in [2.05, 4.69) is 0 Å². The third-order valence-corrected chi connectivity index (χ3v) is 1.97. The third-order valence-electron chi connectivity index (χ3n) is 1.79. The van der Waals surface area contributed by atoms with Gasteiger partial charge in [-0.25, -0.2) is 0 Å². The van der Waals surface area contributed by atoms with Crippen molar-refractivity contribution in [2.45, 2.75) is 0 Å². The Kier molecular flexibility index (Phi) is 3.45. The van der Waals surface area contributed by atoms with Gasteiger partial charge in [-0.05, 0) is 7.05 Å². The van der Waals surface area contributed by atoms with E-state index in [1.54, 1.807) is 18.0 Å². The van der Waals surface area contributed by atoms with E-state index in [0.717, 1.165) is 0 Å². The summed E-state index contributed by atoms with van der Waals surface area (Å²) in [6.07, 6.45) is 1.57. The van der Waals surface area contributed by atoms with Crippen molar-refractivity contribution in [3.8, 4) is 0 Å². The Balaban J connectivity index is 2.62. The summed E-state index contributed by atoms with van der Waals surface area (Å²) >= 11 is 5.30. The van der Waals surface area contributed by atoms with Crippen molar-refractivity contribution in [3.05, 3.63) is 11.6 Å². The normalized spacial score (nSPS) is 20.3. The first-order chi connectivity index (χ1) is 6.15. The molecule has 1 saturated heterocycles. The molecule has 0 aromatic heterocycles. The molecule has 13 heavy (non-hydrogen) atoms. The van der Waals surface area contributed by atoms with Crippen LogP contribution in [-0.2, 0) is 9.59 Å². The quantitative estimate of drug-likeness (QED) is 0.594. The van der Waals surface area contributed by atoms with Crippen molar-refractivity contribution in [1.29, 1.82) is 0 Å². The van der Waals surface area contributed by atoms with Gasteiger partial charge in [-0.1, -0.05) is 17.7 Å². The van der Waals surface area contributed by atoms with Gasteiger partial charge in [0, 0.05) is 12.1 Å². The number of imide groups is 1. The Labute approximate surface area is 81.7 Å². The summed E-state index contributed by atoms with van der Waals surface area (Å²) in [4.78, 5) is 25.5. The lowest BCUT2D eigenvalue weighted by atomic mass is 10.3. The molecule has 0 N–H and O–H groups in total. The predicted octanol–water partition coefficient (Wildman–Crippen LogP) is 0.0395. The Hall–Kier alpha value is -0.870. The largest absolute Gasteiger partial charge is 0.289 e. The van der Waals surface area contributed by atoms with E-state index in [1.807, 2.05) is 0 Å². The lowest BCUT2D eigenvalue weighted by Gasteiger charge is -2.29. The molecule has 72 valence electrons. The van der Waals surface area contributed by atoms with E-state index >= 15 is 0 Å². The van der Waals surface area contributed by atoms with Crippen LogP contribution in [-0.4, -0.2) is 48.3 Å². The highest BCUT2D eigenvalue weighted by molar-refractivity contribution is 6.25. The number of rotatable bonds is 2. The highest BCUT2D eigenvalue weighted by atomic mass is 35.5. The molecule has 0 aromatic rings. The van der Waals surface area contributed by atoms with E-state index in [1.165, 1.54) is 10.4 Å². The van der Waals surface area contributed by atoms with Crippen LogP contribution < -0.4 is 0 Å². The van der Waals surface area contributed by atoms with Crippen molar-refractivity contribution >= 4 is 23.4 Å². The molecule has 1 heterocycles. The van der Waals surface area contributed by atoms with E-state index in [0.29, 0.717) is 13.1 Å². The monoisotopic (exact) mass is 202 g/mol. The SMILES string of the molecule is CN1CC(=O)N(C/C=C/Cl)C(=O)C1. The Morgan fingerprint density at radius 1 is 1.38 bits per heavy atom. The molecule has 0 spiro atoms. The van der Waals surface area contributed by atoms with E-state index in [4.69, 9.17) is 11.6 Å². The molecule has 1 aliphatic rings. The number of hydrogen-bond acceptors (Lipinski definition) is 3. The highest BCUT2D eigenvalue weighted by Crippen LogP contribution is 2.02. The second kappa shape index (κ2) is 4.39. The molecule has 0 aromatic carbocycles. The van der Waals surface area contributed by atoms with Crippen LogP contribution in [0.25, 0.3) is 0 Å². The Morgan fingerprint density at radius 2 is 1.92 bits per heavy atom. The standard InChI is InChI=1S/C8H11ClN2O2/c1-10-5-7(12)11(4-2-3-9)8(13)6-10/h2-3H,4-6H2,1H3/b3-2+. The van der Waals surface area contributed by atoms with Crippen LogP contribution in [0.2, 0.25) is 0 Å². The molecule has 4 nitrogen and oxygen atoms in total. The van der Waals surface area contributed by atoms with Gasteiger partial charge in [0.25, 0.3) is 0 Å². The summed E-state index contributed by atoms with van der Waals surface area (Å²) in [5.41, 5.74) is 1.30. The molecule has 5 heteroatoms. The zero-order valence-corrected chi connectivity index (χ0v) is 8.12. The maximum Gasteiger partial charge on any atom is 0.243 e. The first kappa shape index (κ1) is 10.2. The first-order valence-corrected chi connectivity index (χ1v) is 4.35. The maximum absolute atomic E-state index is 11.3. The van der Waals surface area contributed by atoms with Crippen LogP contribution in [0.1, 0.15) is 0 Å². The molecule has 1 aliphatic heterocycles. The van der Waals surface area contributed by atoms with Gasteiger partial charge in [0.1, 0.15) is 0 Å². The number of hydrogen-bond donors (Lipinski definition) is 0. The lowest BCUT2D eigenvalue weighted by Crippen LogP contribution is -2.52. The minimum atomic E-state index is -0.173. The van der Waals surface area contributed by atoms with Crippen molar-refractivity contribution in [3.63, 3.8) is 0 Å². The summed E-state index contributed by atoms with van der Waals surface area (Å²) in [5, 5.41) is 0. The fourth-order valence-electron chi connectivity index (χ4n) is 1.18. The van der Waals surface area contributed by atoms with E-state index in [9.17, 15) is 9.59 Å². The van der Waals surface area contributed by atoms with Crippen LogP contribution >= 0.6 is 11.6 Å². The van der Waals surface area contributed by atoms with Crippen LogP contribution in [0, 0.1) is 0 Å². The Bertz CT molecular complexity index is 235. The van der Waals surface area contributed by atoms with E-state index in [-0.39, 0.29) is 18.4 Å². The molecule has 0 unspecified atom stereocenters. The lowest BCUT2D eigenvalue weighted by molar-refractivity contribution is -0.149. The van der Waals surface area contributed by atoms with Crippen LogP contribution in [0.3, 0.4) is 0 Å². The van der Waals surface area contributed by atoms with Gasteiger partial charge in [0.05, 0.1) is 13.1 Å². The predicted molar refractivity (Wildman–Crippen MR) is 49.2 cm³/mol. The van der Waals surface area contributed by atoms with Crippen molar-refractivity contribution in [2.75, 3.05) is 26.7 Å². The second-order valence-corrected chi connectivity index (χ2v) is 3.18. The van der Waals surface area contributed by atoms with Gasteiger partial charge in [0.15, 0.2) is 0 Å². The highest BCUT2D eigenvalue weighted by Gasteiger charge is 2.27. The molecule has 0 bridgehead atoms. The van der Waals surface area contributed by atoms with Gasteiger partial charge in [0.2, 0.25) is 11.8 Å². The maximum atomic E-state index is 11.3. The molecular weight excluding hydrogens is 192 g/mol. The topological polar surface area (TPSA) is 40.6 Å². The fraction of sp³-hybridized carbons (Fsp3) is 0.500. The summed E-state index contributed by atoms with van der Waals surface area (Å²) in [6.45, 7) is 0.860. The van der Waals surface area contributed by atoms with Gasteiger partial charge in [-0.15, -0.1) is 0 Å². The number of halogens is 1. The molecule has 0 aliphatic carbocycles. The van der Waals surface area contributed by atoms with Gasteiger partial charge < -0.3 is 0 Å². The van der Waals surface area contributed by atoms with Crippen LogP contribution in [0.4, 0.5) is 0 Å². The third kappa shape index (κ3) is 2.54. The van der Waals surface area contributed by atoms with E-state index < -0.39 is 0 Å². The summed E-state index contributed by atoms with van der Waals surface area (Å²) in [7, 11) is 1.74. The molecule has 0 radical (unpaired) electrons. The van der Waals surface area contributed by atoms with Gasteiger partial charge in [-0.3, -0.25) is 19.4 Å². The molecule has 1 fully saturated rings. The molecule has 0 saturated carbocycles. The van der Waals surface area contributed by atoms with Crippen LogP contribution in [0.5, 0.6) is 0 Å². The molecular formula is C8H11ClN2O2. The van der Waals surface area contributed by atoms with Gasteiger partial charge >= 0.3 is 0 Å². The molecule has 2 amide bonds. The summed E-state index contributed by atoms with van der Waals surface area (Å²) in [6, 6.07) is 0. The summed E-state index contributed by atoms with van der Waals surface area (Å²) in [5.74, 6) is -0.345. The zero-order chi connectivity index (χ0) is 9.84. The van der Waals surface area contributed by atoms with Crippen molar-refractivity contribution in [1.82, 2.24) is 9.80 Å². The number of likely N-dealkylation sites (N-methyl/N-ethyl adjacent to an activating group) is 1. The van der Waals surface area contributed by atoms with Crippen molar-refractivity contribution in [2.24, 2.45) is 0 Å². The fourth-order valence-corrected chi connectivity index (χ4v) is 1.26. The average molecular weight is 203 g/mol. The number of piperazine rings is 1. The Morgan fingerprint density at radius 3 is 2.38 bits per heavy atom. The number of amides is 2. The average Bonchev–Trinajstić information content (AvgIpc) is 2.02. The van der Waals surface area contributed by atoms with Gasteiger partial charge in [-0.2, -0.15) is 0 Å². The number of carbonyl (C=O) groups excluding carboxylic acids is 2. The zero-order valence-electron chi connectivity index (χ0n) is 7.36. The number of nitrogens with zero attached hydrogens (tertiary/aromatic N) is 2. The minimum absolute atomic E-state index is 0.173. The second-order valence-electron chi connectivity index (χ2n) is 2.93. The molecule has 1 rings (SSSR count).